The molecule has 168 valence electrons. The summed E-state index contributed by atoms with van der Waals surface area (Å²) in [4.78, 5) is 38.3. The predicted molar refractivity (Wildman–Crippen MR) is 129 cm³/mol. The first-order chi connectivity index (χ1) is 15.2. The molecule has 3 rings (SSSR count). The molecule has 1 aliphatic heterocycles. The molecule has 1 saturated heterocycles. The number of ether oxygens (including phenoxy) is 2. The van der Waals surface area contributed by atoms with E-state index < -0.39 is 11.7 Å². The van der Waals surface area contributed by atoms with E-state index in [1.165, 1.54) is 36.3 Å². The largest absolute Gasteiger partial charge is 0.493 e. The summed E-state index contributed by atoms with van der Waals surface area (Å²) in [5, 5.41) is 2.32. The molecule has 2 aromatic rings. The van der Waals surface area contributed by atoms with Crippen LogP contribution in [0.25, 0.3) is 6.08 Å². The zero-order valence-electron chi connectivity index (χ0n) is 17.5. The van der Waals surface area contributed by atoms with Crippen LogP contribution in [0.4, 0.5) is 14.9 Å². The first-order valence-corrected chi connectivity index (χ1v) is 11.4. The lowest BCUT2D eigenvalue weighted by Gasteiger charge is -2.16. The Labute approximate surface area is 202 Å². The van der Waals surface area contributed by atoms with E-state index in [2.05, 4.69) is 5.32 Å². The van der Waals surface area contributed by atoms with Crippen molar-refractivity contribution in [1.82, 2.24) is 4.90 Å². The van der Waals surface area contributed by atoms with Gasteiger partial charge in [-0.25, -0.2) is 4.39 Å². The van der Waals surface area contributed by atoms with Crippen molar-refractivity contribution >= 4 is 63.2 Å². The molecule has 0 bridgehead atoms. The highest BCUT2D eigenvalue weighted by Gasteiger charge is 2.36. The van der Waals surface area contributed by atoms with Crippen LogP contribution in [-0.2, 0) is 9.59 Å². The van der Waals surface area contributed by atoms with Gasteiger partial charge in [0.25, 0.3) is 17.1 Å². The van der Waals surface area contributed by atoms with Gasteiger partial charge in [-0.3, -0.25) is 19.3 Å². The fraction of sp³-hybridized carbons (Fsp3) is 0.227. The Balaban J connectivity index is 1.74. The second-order valence-electron chi connectivity index (χ2n) is 7.02. The number of carbonyl (C=O) groups excluding carboxylic acids is 3. The summed E-state index contributed by atoms with van der Waals surface area (Å²) in [6.07, 6.45) is 1.63. The SMILES string of the molecule is COc1cc(/C=C2\SC(=O)N(C(C)C)C2=O)cc(I)c1OCC(=O)Nc1ccc(F)cc1. The number of hydrogen-bond donors (Lipinski definition) is 1. The maximum Gasteiger partial charge on any atom is 0.293 e. The monoisotopic (exact) mass is 570 g/mol. The minimum absolute atomic E-state index is 0.222. The minimum Gasteiger partial charge on any atom is -0.493 e. The van der Waals surface area contributed by atoms with E-state index in [1.807, 2.05) is 22.6 Å². The van der Waals surface area contributed by atoms with Crippen molar-refractivity contribution in [2.75, 3.05) is 19.0 Å². The van der Waals surface area contributed by atoms with E-state index in [-0.39, 0.29) is 23.8 Å². The Kier molecular flexibility index (Phi) is 7.77. The normalized spacial score (nSPS) is 14.9. The number of benzene rings is 2. The van der Waals surface area contributed by atoms with Crippen molar-refractivity contribution < 1.29 is 28.2 Å². The number of anilines is 1. The summed E-state index contributed by atoms with van der Waals surface area (Å²) in [7, 11) is 1.47. The molecule has 3 amide bonds. The number of methoxy groups -OCH3 is 1. The Bertz CT molecular complexity index is 1090. The topological polar surface area (TPSA) is 84.9 Å². The number of halogens is 2. The van der Waals surface area contributed by atoms with E-state index in [1.54, 1.807) is 32.1 Å². The number of rotatable bonds is 7. The minimum atomic E-state index is -0.416. The zero-order chi connectivity index (χ0) is 23.4. The molecule has 0 aromatic heterocycles. The zero-order valence-corrected chi connectivity index (χ0v) is 20.5. The molecule has 0 aliphatic carbocycles. The number of hydrogen-bond acceptors (Lipinski definition) is 6. The average Bonchev–Trinajstić information content (AvgIpc) is 3.01. The first-order valence-electron chi connectivity index (χ1n) is 9.52. The van der Waals surface area contributed by atoms with Gasteiger partial charge >= 0.3 is 0 Å². The molecule has 0 saturated carbocycles. The Morgan fingerprint density at radius 1 is 1.25 bits per heavy atom. The second kappa shape index (κ2) is 10.3. The van der Waals surface area contributed by atoms with Gasteiger partial charge in [0, 0.05) is 11.7 Å². The summed E-state index contributed by atoms with van der Waals surface area (Å²) in [5.74, 6) is -0.397. The van der Waals surface area contributed by atoms with Gasteiger partial charge in [-0.1, -0.05) is 0 Å². The molecule has 7 nitrogen and oxygen atoms in total. The number of imide groups is 1. The molecule has 10 heteroatoms. The Hall–Kier alpha value is -2.60. The molecule has 2 aromatic carbocycles. The summed E-state index contributed by atoms with van der Waals surface area (Å²) >= 11 is 2.93. The van der Waals surface area contributed by atoms with Gasteiger partial charge in [0.1, 0.15) is 5.82 Å². The number of nitrogens with zero attached hydrogens (tertiary/aromatic N) is 1. The van der Waals surface area contributed by atoms with Crippen molar-refractivity contribution in [3.8, 4) is 11.5 Å². The smallest absolute Gasteiger partial charge is 0.293 e. The van der Waals surface area contributed by atoms with E-state index in [0.717, 1.165) is 11.8 Å². The van der Waals surface area contributed by atoms with Crippen molar-refractivity contribution in [2.45, 2.75) is 19.9 Å². The van der Waals surface area contributed by atoms with E-state index in [0.29, 0.717) is 31.2 Å². The van der Waals surface area contributed by atoms with Crippen molar-refractivity contribution in [1.29, 1.82) is 0 Å². The third-order valence-electron chi connectivity index (χ3n) is 4.37. The van der Waals surface area contributed by atoms with E-state index in [9.17, 15) is 18.8 Å². The van der Waals surface area contributed by atoms with Crippen LogP contribution in [0.1, 0.15) is 19.4 Å². The molecule has 0 radical (unpaired) electrons. The highest BCUT2D eigenvalue weighted by molar-refractivity contribution is 14.1. The first kappa shape index (κ1) is 24.1. The molecular weight excluding hydrogens is 550 g/mol. The summed E-state index contributed by atoms with van der Waals surface area (Å²) < 4.78 is 24.7. The lowest BCUT2D eigenvalue weighted by atomic mass is 10.1. The highest BCUT2D eigenvalue weighted by atomic mass is 127. The average molecular weight is 570 g/mol. The van der Waals surface area contributed by atoms with Gasteiger partial charge in [-0.15, -0.1) is 0 Å². The molecule has 1 heterocycles. The van der Waals surface area contributed by atoms with Crippen LogP contribution in [0.15, 0.2) is 41.3 Å². The summed E-state index contributed by atoms with van der Waals surface area (Å²) in [6, 6.07) is 8.60. The van der Waals surface area contributed by atoms with Gasteiger partial charge in [0.2, 0.25) is 0 Å². The van der Waals surface area contributed by atoms with Crippen molar-refractivity contribution in [3.63, 3.8) is 0 Å². The molecule has 0 spiro atoms. The molecule has 0 atom stereocenters. The van der Waals surface area contributed by atoms with Crippen LogP contribution in [0, 0.1) is 9.39 Å². The Morgan fingerprint density at radius 2 is 1.94 bits per heavy atom. The number of thioether (sulfide) groups is 1. The third kappa shape index (κ3) is 5.60. The van der Waals surface area contributed by atoms with Crippen LogP contribution >= 0.6 is 34.4 Å². The predicted octanol–water partition coefficient (Wildman–Crippen LogP) is 4.90. The number of amides is 3. The molecule has 1 aliphatic rings. The lowest BCUT2D eigenvalue weighted by molar-refractivity contribution is -0.123. The maximum absolute atomic E-state index is 13.0. The second-order valence-corrected chi connectivity index (χ2v) is 9.18. The van der Waals surface area contributed by atoms with Gasteiger partial charge in [0.15, 0.2) is 18.1 Å². The molecule has 32 heavy (non-hydrogen) atoms. The quantitative estimate of drug-likeness (QED) is 0.377. The van der Waals surface area contributed by atoms with Crippen LogP contribution in [0.5, 0.6) is 11.5 Å². The maximum atomic E-state index is 13.0. The standard InChI is InChI=1S/C22H20FIN2O5S/c1-12(2)26-21(28)18(32-22(26)29)10-13-8-16(24)20(17(9-13)30-3)31-11-19(27)25-15-6-4-14(23)5-7-15/h4-10,12H,11H2,1-3H3,(H,25,27)/b18-10-. The van der Waals surface area contributed by atoms with E-state index >= 15 is 0 Å². The van der Waals surface area contributed by atoms with Gasteiger partial charge in [-0.05, 0) is 96.2 Å². The molecule has 0 unspecified atom stereocenters. The summed E-state index contributed by atoms with van der Waals surface area (Å²) in [6.45, 7) is 3.28. The van der Waals surface area contributed by atoms with Gasteiger partial charge in [-0.2, -0.15) is 0 Å². The van der Waals surface area contributed by atoms with Crippen LogP contribution in [0.3, 0.4) is 0 Å². The van der Waals surface area contributed by atoms with Crippen LogP contribution in [0.2, 0.25) is 0 Å². The highest BCUT2D eigenvalue weighted by Crippen LogP contribution is 2.37. The number of carbonyl (C=O) groups is 3. The lowest BCUT2D eigenvalue weighted by Crippen LogP contribution is -2.34. The van der Waals surface area contributed by atoms with Crippen molar-refractivity contribution in [3.05, 3.63) is 56.3 Å². The van der Waals surface area contributed by atoms with Crippen LogP contribution in [-0.4, -0.2) is 41.7 Å². The van der Waals surface area contributed by atoms with Crippen molar-refractivity contribution in [2.24, 2.45) is 0 Å². The molecule has 1 fully saturated rings. The van der Waals surface area contributed by atoms with Gasteiger partial charge in [0.05, 0.1) is 15.6 Å². The van der Waals surface area contributed by atoms with Crippen LogP contribution < -0.4 is 14.8 Å². The van der Waals surface area contributed by atoms with E-state index in [4.69, 9.17) is 9.47 Å². The fourth-order valence-corrected chi connectivity index (χ4v) is 4.65. The molecule has 1 N–H and O–H groups in total. The third-order valence-corrected chi connectivity index (χ3v) is 6.05. The fourth-order valence-electron chi connectivity index (χ4n) is 2.91. The number of nitrogens with one attached hydrogen (secondary N) is 1. The Morgan fingerprint density at radius 3 is 2.53 bits per heavy atom. The van der Waals surface area contributed by atoms with Gasteiger partial charge < -0.3 is 14.8 Å². The summed E-state index contributed by atoms with van der Waals surface area (Å²) in [5.41, 5.74) is 1.11. The molecular formula is C22H20FIN2O5S.